The lowest BCUT2D eigenvalue weighted by molar-refractivity contribution is 0.737. The van der Waals surface area contributed by atoms with Crippen molar-refractivity contribution >= 4 is 33.5 Å². The zero-order chi connectivity index (χ0) is 17.8. The standard InChI is InChI=1S/C16H9ClN4.C4H10/c17-16-20-13(14-15(21-16)19-8-7-18-14)12-6-5-10-3-1-2-4-11(10)9-12;1-4(2)3/h1-9H;4H,1-3H3. The Morgan fingerprint density at radius 1 is 0.840 bits per heavy atom. The van der Waals surface area contributed by atoms with Crippen LogP contribution in [0.4, 0.5) is 0 Å². The number of hydrogen-bond donors (Lipinski definition) is 0. The molecule has 0 saturated carbocycles. The quantitative estimate of drug-likeness (QED) is 0.422. The van der Waals surface area contributed by atoms with E-state index in [1.807, 2.05) is 18.2 Å². The summed E-state index contributed by atoms with van der Waals surface area (Å²) in [4.78, 5) is 17.0. The van der Waals surface area contributed by atoms with Gasteiger partial charge in [-0.15, -0.1) is 0 Å². The Hall–Kier alpha value is -2.59. The number of fused-ring (bicyclic) bond motifs is 2. The van der Waals surface area contributed by atoms with Gasteiger partial charge in [0.2, 0.25) is 5.28 Å². The molecule has 4 nitrogen and oxygen atoms in total. The van der Waals surface area contributed by atoms with Gasteiger partial charge in [-0.05, 0) is 34.4 Å². The van der Waals surface area contributed by atoms with Gasteiger partial charge in [-0.2, -0.15) is 4.98 Å². The second-order valence-electron chi connectivity index (χ2n) is 6.36. The zero-order valence-corrected chi connectivity index (χ0v) is 15.2. The van der Waals surface area contributed by atoms with Crippen molar-refractivity contribution in [3.05, 3.63) is 60.1 Å². The Kier molecular flexibility index (Phi) is 5.19. The lowest BCUT2D eigenvalue weighted by Crippen LogP contribution is -1.95. The van der Waals surface area contributed by atoms with Crippen LogP contribution in [0.15, 0.2) is 54.9 Å². The van der Waals surface area contributed by atoms with Crippen molar-refractivity contribution in [3.8, 4) is 11.3 Å². The highest BCUT2D eigenvalue weighted by Gasteiger charge is 2.11. The minimum atomic E-state index is 0.172. The van der Waals surface area contributed by atoms with Crippen molar-refractivity contribution in [3.63, 3.8) is 0 Å². The van der Waals surface area contributed by atoms with E-state index in [1.165, 1.54) is 5.39 Å². The van der Waals surface area contributed by atoms with Crippen molar-refractivity contribution in [2.45, 2.75) is 20.8 Å². The molecule has 4 aromatic rings. The first-order chi connectivity index (χ1) is 12.0. The normalized spacial score (nSPS) is 10.8. The van der Waals surface area contributed by atoms with Crippen LogP contribution in [0.2, 0.25) is 5.28 Å². The largest absolute Gasteiger partial charge is 0.249 e. The highest BCUT2D eigenvalue weighted by Crippen LogP contribution is 2.27. The van der Waals surface area contributed by atoms with Gasteiger partial charge >= 0.3 is 0 Å². The molecular formula is C20H19ClN4. The molecule has 0 atom stereocenters. The minimum Gasteiger partial charge on any atom is -0.249 e. The Morgan fingerprint density at radius 3 is 2.28 bits per heavy atom. The first-order valence-corrected chi connectivity index (χ1v) is 8.56. The molecule has 0 aliphatic heterocycles. The molecule has 4 rings (SSSR count). The van der Waals surface area contributed by atoms with Crippen LogP contribution in [0.5, 0.6) is 0 Å². The SMILES string of the molecule is CC(C)C.Clc1nc(-c2ccc3ccccc3c2)c2nccnc2n1. The summed E-state index contributed by atoms with van der Waals surface area (Å²) in [5, 5.41) is 2.49. The average molecular weight is 351 g/mol. The molecule has 2 heterocycles. The summed E-state index contributed by atoms with van der Waals surface area (Å²) >= 11 is 6.00. The van der Waals surface area contributed by atoms with Gasteiger partial charge < -0.3 is 0 Å². The number of rotatable bonds is 1. The van der Waals surface area contributed by atoms with Gasteiger partial charge in [-0.25, -0.2) is 15.0 Å². The number of nitrogens with zero attached hydrogens (tertiary/aromatic N) is 4. The second kappa shape index (κ2) is 7.53. The fourth-order valence-electron chi connectivity index (χ4n) is 2.38. The molecule has 0 fully saturated rings. The van der Waals surface area contributed by atoms with E-state index in [4.69, 9.17) is 11.6 Å². The number of benzene rings is 2. The Balaban J connectivity index is 0.000000415. The van der Waals surface area contributed by atoms with E-state index < -0.39 is 0 Å². The van der Waals surface area contributed by atoms with Gasteiger partial charge in [0.1, 0.15) is 11.2 Å². The lowest BCUT2D eigenvalue weighted by atomic mass is 10.0. The van der Waals surface area contributed by atoms with E-state index in [9.17, 15) is 0 Å². The van der Waals surface area contributed by atoms with Crippen molar-refractivity contribution in [1.29, 1.82) is 0 Å². The summed E-state index contributed by atoms with van der Waals surface area (Å²) in [6.07, 6.45) is 3.22. The van der Waals surface area contributed by atoms with E-state index >= 15 is 0 Å². The van der Waals surface area contributed by atoms with Crippen LogP contribution in [0.25, 0.3) is 33.2 Å². The predicted octanol–water partition coefficient (Wildman–Crippen LogP) is 5.56. The average Bonchev–Trinajstić information content (AvgIpc) is 2.60. The van der Waals surface area contributed by atoms with Gasteiger partial charge in [0, 0.05) is 18.0 Å². The predicted molar refractivity (Wildman–Crippen MR) is 104 cm³/mol. The summed E-state index contributed by atoms with van der Waals surface area (Å²) in [7, 11) is 0. The molecule has 0 aliphatic carbocycles. The molecule has 25 heavy (non-hydrogen) atoms. The molecule has 126 valence electrons. The van der Waals surface area contributed by atoms with Crippen LogP contribution in [-0.2, 0) is 0 Å². The molecule has 0 saturated heterocycles. The Morgan fingerprint density at radius 2 is 1.52 bits per heavy atom. The molecule has 5 heteroatoms. The third-order valence-corrected chi connectivity index (χ3v) is 3.50. The molecule has 2 aromatic heterocycles. The highest BCUT2D eigenvalue weighted by molar-refractivity contribution is 6.28. The zero-order valence-electron chi connectivity index (χ0n) is 14.4. The lowest BCUT2D eigenvalue weighted by Gasteiger charge is -2.06. The molecule has 2 aromatic carbocycles. The first kappa shape index (κ1) is 17.2. The summed E-state index contributed by atoms with van der Waals surface area (Å²) in [5.74, 6) is 0.833. The fourth-order valence-corrected chi connectivity index (χ4v) is 2.54. The Bertz CT molecular complexity index is 1010. The highest BCUT2D eigenvalue weighted by atomic mass is 35.5. The van der Waals surface area contributed by atoms with E-state index in [-0.39, 0.29) is 5.28 Å². The van der Waals surface area contributed by atoms with Crippen LogP contribution < -0.4 is 0 Å². The maximum Gasteiger partial charge on any atom is 0.225 e. The van der Waals surface area contributed by atoms with Crippen molar-refractivity contribution < 1.29 is 0 Å². The molecule has 0 aliphatic rings. The second-order valence-corrected chi connectivity index (χ2v) is 6.70. The van der Waals surface area contributed by atoms with Crippen LogP contribution in [0.3, 0.4) is 0 Å². The summed E-state index contributed by atoms with van der Waals surface area (Å²) in [6.45, 7) is 6.50. The summed E-state index contributed by atoms with van der Waals surface area (Å²) in [6, 6.07) is 14.3. The smallest absolute Gasteiger partial charge is 0.225 e. The summed E-state index contributed by atoms with van der Waals surface area (Å²) in [5.41, 5.74) is 2.80. The van der Waals surface area contributed by atoms with Crippen LogP contribution in [-0.4, -0.2) is 19.9 Å². The van der Waals surface area contributed by atoms with Crippen LogP contribution in [0, 0.1) is 5.92 Å². The molecular weight excluding hydrogens is 332 g/mol. The van der Waals surface area contributed by atoms with Crippen LogP contribution in [0.1, 0.15) is 20.8 Å². The van der Waals surface area contributed by atoms with E-state index in [0.29, 0.717) is 16.9 Å². The first-order valence-electron chi connectivity index (χ1n) is 8.18. The number of halogens is 1. The van der Waals surface area contributed by atoms with Crippen molar-refractivity contribution in [1.82, 2.24) is 19.9 Å². The third-order valence-electron chi connectivity index (χ3n) is 3.33. The van der Waals surface area contributed by atoms with E-state index in [1.54, 1.807) is 12.4 Å². The molecule has 0 bridgehead atoms. The molecule has 0 amide bonds. The van der Waals surface area contributed by atoms with Gasteiger partial charge in [0.15, 0.2) is 5.65 Å². The van der Waals surface area contributed by atoms with Crippen molar-refractivity contribution in [2.24, 2.45) is 5.92 Å². The third kappa shape index (κ3) is 4.09. The number of aromatic nitrogens is 4. The van der Waals surface area contributed by atoms with E-state index in [2.05, 4.69) is 65.0 Å². The van der Waals surface area contributed by atoms with Gasteiger partial charge in [-0.1, -0.05) is 57.2 Å². The minimum absolute atomic E-state index is 0.172. The van der Waals surface area contributed by atoms with Crippen LogP contribution >= 0.6 is 11.6 Å². The maximum absolute atomic E-state index is 6.00. The molecule has 0 radical (unpaired) electrons. The molecule has 0 spiro atoms. The molecule has 0 unspecified atom stereocenters. The summed E-state index contributed by atoms with van der Waals surface area (Å²) < 4.78 is 0. The topological polar surface area (TPSA) is 51.6 Å². The molecule has 0 N–H and O–H groups in total. The van der Waals surface area contributed by atoms with Gasteiger partial charge in [0.05, 0.1) is 0 Å². The van der Waals surface area contributed by atoms with Crippen molar-refractivity contribution in [2.75, 3.05) is 0 Å². The van der Waals surface area contributed by atoms with E-state index in [0.717, 1.165) is 16.9 Å². The van der Waals surface area contributed by atoms with Gasteiger partial charge in [0.25, 0.3) is 0 Å². The fraction of sp³-hybridized carbons (Fsp3) is 0.200. The monoisotopic (exact) mass is 350 g/mol. The van der Waals surface area contributed by atoms with Gasteiger partial charge in [-0.3, -0.25) is 0 Å². The Labute approximate surface area is 151 Å². The number of hydrogen-bond acceptors (Lipinski definition) is 4. The maximum atomic E-state index is 6.00.